The van der Waals surface area contributed by atoms with Gasteiger partial charge >= 0.3 is 0 Å². The maximum Gasteiger partial charge on any atom is 0.293 e. The van der Waals surface area contributed by atoms with Crippen molar-refractivity contribution in [2.45, 2.75) is 0 Å². The zero-order valence-corrected chi connectivity index (χ0v) is 18.5. The van der Waals surface area contributed by atoms with Gasteiger partial charge in [-0.3, -0.25) is 10.1 Å². The first-order valence-corrected chi connectivity index (χ1v) is 10.5. The van der Waals surface area contributed by atoms with Crippen LogP contribution in [0, 0.1) is 0 Å². The first kappa shape index (κ1) is 20.6. The molecule has 0 saturated heterocycles. The van der Waals surface area contributed by atoms with Gasteiger partial charge in [0.2, 0.25) is 0 Å². The number of nitrogens with zero attached hydrogens (tertiary/aromatic N) is 1. The summed E-state index contributed by atoms with van der Waals surface area (Å²) in [6.45, 7) is 0. The first-order chi connectivity index (χ1) is 14.4. The van der Waals surface area contributed by atoms with Gasteiger partial charge in [0.15, 0.2) is 16.0 Å². The van der Waals surface area contributed by atoms with Crippen LogP contribution in [0.15, 0.2) is 52.9 Å². The molecule has 0 aliphatic carbocycles. The van der Waals surface area contributed by atoms with Crippen molar-refractivity contribution in [3.63, 3.8) is 0 Å². The molecule has 0 atom stereocenters. The number of hydrogen-bond acceptors (Lipinski definition) is 6. The van der Waals surface area contributed by atoms with Crippen molar-refractivity contribution in [2.75, 3.05) is 12.4 Å². The Balaban J connectivity index is 1.43. The number of rotatable bonds is 4. The molecule has 0 saturated carbocycles. The average Bonchev–Trinajstić information content (AvgIpc) is 3.34. The Hall–Kier alpha value is -2.65. The van der Waals surface area contributed by atoms with E-state index >= 15 is 0 Å². The number of aromatic nitrogens is 1. The Morgan fingerprint density at radius 2 is 1.93 bits per heavy atom. The molecule has 4 rings (SSSR count). The standard InChI is InChI=1S/C20H13Cl2N3O3S2/c1-27-16-9-17-13(8-12(16)22)23-20(30-17)25-19(29)24-18(26)15-7-6-14(28-15)10-2-4-11(21)5-3-10/h2-9H,1H3,(H2,23,24,25,26,29). The number of nitrogens with one attached hydrogen (secondary N) is 2. The molecule has 6 nitrogen and oxygen atoms in total. The third kappa shape index (κ3) is 4.41. The predicted molar refractivity (Wildman–Crippen MR) is 124 cm³/mol. The molecule has 30 heavy (non-hydrogen) atoms. The van der Waals surface area contributed by atoms with Crippen molar-refractivity contribution in [1.29, 1.82) is 0 Å². The number of fused-ring (bicyclic) bond motifs is 1. The summed E-state index contributed by atoms with van der Waals surface area (Å²) in [7, 11) is 1.55. The first-order valence-electron chi connectivity index (χ1n) is 8.55. The molecule has 152 valence electrons. The van der Waals surface area contributed by atoms with Crippen LogP contribution in [0.25, 0.3) is 21.5 Å². The van der Waals surface area contributed by atoms with E-state index in [2.05, 4.69) is 15.6 Å². The number of anilines is 1. The Labute approximate surface area is 190 Å². The van der Waals surface area contributed by atoms with Crippen molar-refractivity contribution >= 4 is 73.1 Å². The van der Waals surface area contributed by atoms with E-state index in [1.807, 2.05) is 12.1 Å². The molecular formula is C20H13Cl2N3O3S2. The topological polar surface area (TPSA) is 76.4 Å². The Kier molecular flexibility index (Phi) is 5.92. The van der Waals surface area contributed by atoms with Gasteiger partial charge in [0.1, 0.15) is 11.5 Å². The number of ether oxygens (including phenoxy) is 1. The lowest BCUT2D eigenvalue weighted by Gasteiger charge is -2.05. The fourth-order valence-corrected chi connectivity index (χ4v) is 4.16. The third-order valence-corrected chi connectivity index (χ3v) is 5.75. The monoisotopic (exact) mass is 477 g/mol. The number of methoxy groups -OCH3 is 1. The molecule has 0 radical (unpaired) electrons. The minimum absolute atomic E-state index is 0.0987. The van der Waals surface area contributed by atoms with Gasteiger partial charge in [-0.05, 0) is 54.7 Å². The zero-order chi connectivity index (χ0) is 21.3. The van der Waals surface area contributed by atoms with E-state index in [0.29, 0.717) is 32.2 Å². The SMILES string of the molecule is COc1cc2sc(NC(=S)NC(=O)c3ccc(-c4ccc(Cl)cc4)o3)nc2cc1Cl. The summed E-state index contributed by atoms with van der Waals surface area (Å²) in [5, 5.41) is 7.18. The molecule has 2 aromatic carbocycles. The van der Waals surface area contributed by atoms with E-state index in [0.717, 1.165) is 10.3 Å². The van der Waals surface area contributed by atoms with Crippen molar-refractivity contribution in [2.24, 2.45) is 0 Å². The molecule has 0 unspecified atom stereocenters. The molecule has 1 amide bonds. The smallest absolute Gasteiger partial charge is 0.293 e. The number of amides is 1. The van der Waals surface area contributed by atoms with E-state index in [1.165, 1.54) is 11.3 Å². The number of thiocarbonyl (C=S) groups is 1. The number of thiazole rings is 1. The molecular weight excluding hydrogens is 465 g/mol. The lowest BCUT2D eigenvalue weighted by Crippen LogP contribution is -2.33. The molecule has 0 bridgehead atoms. The summed E-state index contributed by atoms with van der Waals surface area (Å²) < 4.78 is 11.7. The van der Waals surface area contributed by atoms with Crippen LogP contribution >= 0.6 is 46.8 Å². The molecule has 0 aliphatic heterocycles. The van der Waals surface area contributed by atoms with Gasteiger partial charge in [-0.25, -0.2) is 4.98 Å². The number of benzene rings is 2. The zero-order valence-electron chi connectivity index (χ0n) is 15.4. The summed E-state index contributed by atoms with van der Waals surface area (Å²) >= 11 is 18.6. The maximum atomic E-state index is 12.4. The molecule has 2 heterocycles. The van der Waals surface area contributed by atoms with E-state index in [-0.39, 0.29) is 10.9 Å². The van der Waals surface area contributed by atoms with Gasteiger partial charge in [0, 0.05) is 16.7 Å². The second-order valence-electron chi connectivity index (χ2n) is 6.05. The van der Waals surface area contributed by atoms with Crippen LogP contribution in [0.3, 0.4) is 0 Å². The second-order valence-corrected chi connectivity index (χ2v) is 8.34. The van der Waals surface area contributed by atoms with Gasteiger partial charge in [0.05, 0.1) is 22.3 Å². The van der Waals surface area contributed by atoms with Crippen LogP contribution in [0.4, 0.5) is 5.13 Å². The molecule has 0 aliphatic rings. The fraction of sp³-hybridized carbons (Fsp3) is 0.0500. The number of carbonyl (C=O) groups is 1. The molecule has 4 aromatic rings. The van der Waals surface area contributed by atoms with E-state index in [4.69, 9.17) is 44.6 Å². The normalized spacial score (nSPS) is 10.8. The number of carbonyl (C=O) groups excluding carboxylic acids is 1. The number of halogens is 2. The minimum atomic E-state index is -0.474. The van der Waals surface area contributed by atoms with Gasteiger partial charge in [-0.1, -0.05) is 34.5 Å². The average molecular weight is 478 g/mol. The van der Waals surface area contributed by atoms with Crippen LogP contribution in [0.5, 0.6) is 5.75 Å². The molecule has 0 spiro atoms. The molecule has 10 heteroatoms. The highest BCUT2D eigenvalue weighted by atomic mass is 35.5. The lowest BCUT2D eigenvalue weighted by atomic mass is 10.2. The number of hydrogen-bond donors (Lipinski definition) is 2. The number of furan rings is 1. The van der Waals surface area contributed by atoms with Crippen LogP contribution < -0.4 is 15.4 Å². The highest BCUT2D eigenvalue weighted by molar-refractivity contribution is 7.80. The van der Waals surface area contributed by atoms with Crippen molar-refractivity contribution in [3.8, 4) is 17.1 Å². The summed E-state index contributed by atoms with van der Waals surface area (Å²) in [5.41, 5.74) is 1.50. The Morgan fingerprint density at radius 3 is 2.67 bits per heavy atom. The maximum absolute atomic E-state index is 12.4. The predicted octanol–water partition coefficient (Wildman–Crippen LogP) is 6.00. The van der Waals surface area contributed by atoms with Crippen LogP contribution in [0.2, 0.25) is 10.0 Å². The summed E-state index contributed by atoms with van der Waals surface area (Å²) in [6.07, 6.45) is 0. The largest absolute Gasteiger partial charge is 0.495 e. The highest BCUT2D eigenvalue weighted by Crippen LogP contribution is 2.34. The van der Waals surface area contributed by atoms with Gasteiger partial charge in [-0.15, -0.1) is 0 Å². The van der Waals surface area contributed by atoms with Crippen molar-refractivity contribution < 1.29 is 13.9 Å². The van der Waals surface area contributed by atoms with Crippen molar-refractivity contribution in [3.05, 3.63) is 64.3 Å². The second kappa shape index (κ2) is 8.61. The molecule has 2 N–H and O–H groups in total. The van der Waals surface area contributed by atoms with Crippen LogP contribution in [-0.2, 0) is 0 Å². The molecule has 0 fully saturated rings. The molecule has 2 aromatic heterocycles. The Morgan fingerprint density at radius 1 is 1.17 bits per heavy atom. The van der Waals surface area contributed by atoms with E-state index in [9.17, 15) is 4.79 Å². The quantitative estimate of drug-likeness (QED) is 0.351. The lowest BCUT2D eigenvalue weighted by molar-refractivity contribution is 0.0951. The van der Waals surface area contributed by atoms with Gasteiger partial charge in [0.25, 0.3) is 5.91 Å². The minimum Gasteiger partial charge on any atom is -0.495 e. The van der Waals surface area contributed by atoms with Crippen LogP contribution in [0.1, 0.15) is 10.6 Å². The summed E-state index contributed by atoms with van der Waals surface area (Å²) in [4.78, 5) is 16.9. The summed E-state index contributed by atoms with van der Waals surface area (Å²) in [6, 6.07) is 13.9. The van der Waals surface area contributed by atoms with Gasteiger partial charge in [-0.2, -0.15) is 0 Å². The van der Waals surface area contributed by atoms with E-state index in [1.54, 1.807) is 43.5 Å². The van der Waals surface area contributed by atoms with Crippen LogP contribution in [-0.4, -0.2) is 23.1 Å². The van der Waals surface area contributed by atoms with Crippen molar-refractivity contribution in [1.82, 2.24) is 10.3 Å². The Bertz CT molecular complexity index is 1250. The van der Waals surface area contributed by atoms with E-state index < -0.39 is 5.91 Å². The fourth-order valence-electron chi connectivity index (χ4n) is 2.66. The summed E-state index contributed by atoms with van der Waals surface area (Å²) in [5.74, 6) is 0.765. The van der Waals surface area contributed by atoms with Gasteiger partial charge < -0.3 is 14.5 Å². The highest BCUT2D eigenvalue weighted by Gasteiger charge is 2.15. The third-order valence-electron chi connectivity index (χ3n) is 4.07.